The average Bonchev–Trinajstić information content (AvgIpc) is 1.12. The minimum Gasteiger partial charge on any atom is -0.418 e. The van der Waals surface area contributed by atoms with Crippen molar-refractivity contribution in [1.82, 2.24) is 0 Å². The number of hydrogen-bond acceptors (Lipinski definition) is 0. The molecule has 0 radical (unpaired) electrons. The van der Waals surface area contributed by atoms with Crippen molar-refractivity contribution in [3.8, 4) is 0 Å². The normalized spacial score (nSPS) is 8.00. The van der Waals surface area contributed by atoms with Crippen molar-refractivity contribution in [2.75, 3.05) is 0 Å². The van der Waals surface area contributed by atoms with Gasteiger partial charge >= 0.3 is 45.6 Å². The summed E-state index contributed by atoms with van der Waals surface area (Å²) in [7, 11) is -12.0. The van der Waals surface area contributed by atoms with Gasteiger partial charge in [-0.15, -0.1) is 0 Å². The van der Waals surface area contributed by atoms with Crippen LogP contribution in [0.15, 0.2) is 0 Å². The predicted octanol–water partition coefficient (Wildman–Crippen LogP) is 4.40. The molecule has 0 aliphatic carbocycles. The fourth-order valence-electron chi connectivity index (χ4n) is 0. The Morgan fingerprint density at radius 3 is 0.400 bits per heavy atom. The Hall–Kier alpha value is 0.622. The molecule has 0 N–H and O–H groups in total. The van der Waals surface area contributed by atoms with Crippen molar-refractivity contribution in [2.24, 2.45) is 0 Å². The molecule has 0 aromatic carbocycles. The summed E-state index contributed by atoms with van der Waals surface area (Å²) in [6.45, 7) is 0. The van der Waals surface area contributed by atoms with E-state index in [1.165, 1.54) is 0 Å². The topological polar surface area (TPSA) is 0 Å². The van der Waals surface area contributed by atoms with Gasteiger partial charge in [0.05, 0.1) is 0 Å². The summed E-state index contributed by atoms with van der Waals surface area (Å²) >= 11 is 0. The molecule has 0 saturated heterocycles. The Balaban J connectivity index is -0.0000000128. The third kappa shape index (κ3) is 6020. The summed E-state index contributed by atoms with van der Waals surface area (Å²) in [4.78, 5) is 0. The summed E-state index contributed by atoms with van der Waals surface area (Å²) in [5.74, 6) is 0. The minimum atomic E-state index is -6.00. The van der Waals surface area contributed by atoms with Crippen LogP contribution in [0.3, 0.4) is 0 Å². The van der Waals surface area contributed by atoms with Gasteiger partial charge in [0.15, 0.2) is 0 Å². The molecule has 98 valence electrons. The van der Waals surface area contributed by atoms with E-state index in [-0.39, 0.29) is 60.8 Å². The van der Waals surface area contributed by atoms with E-state index in [0.717, 1.165) is 0 Å². The second-order valence-corrected chi connectivity index (χ2v) is 0.990. The third-order valence-corrected chi connectivity index (χ3v) is 0. The zero-order valence-corrected chi connectivity index (χ0v) is 12.8. The first-order valence-corrected chi connectivity index (χ1v) is 1.75. The van der Waals surface area contributed by atoms with Gasteiger partial charge < -0.3 is 64.2 Å². The van der Waals surface area contributed by atoms with E-state index in [2.05, 4.69) is 0 Å². The van der Waals surface area contributed by atoms with Gasteiger partial charge in [0, 0.05) is 0 Å². The Morgan fingerprint density at radius 2 is 0.400 bits per heavy atom. The Labute approximate surface area is 110 Å². The monoisotopic (exact) mass is 472 g/mol. The van der Waals surface area contributed by atoms with Gasteiger partial charge in [-0.05, 0) is 0 Å². The second-order valence-electron chi connectivity index (χ2n) is 0.990. The van der Waals surface area contributed by atoms with Crippen LogP contribution >= 0.6 is 0 Å². The number of rotatable bonds is 0. The SMILES string of the molecule is F[B-](F)(F)F.F[B-](F)(F)F.[CH3-].[CH3-].[CH3-].[CH3-].[U+2]. The minimum absolute atomic E-state index is 0. The fraction of sp³-hybridized carbons (Fsp3) is 0. The third-order valence-electron chi connectivity index (χ3n) is 0. The maximum atomic E-state index is 9.75. The van der Waals surface area contributed by atoms with Crippen molar-refractivity contribution >= 4 is 14.5 Å². The maximum Gasteiger partial charge on any atom is 2.00 e. The van der Waals surface area contributed by atoms with Crippen LogP contribution < -0.4 is 0 Å². The van der Waals surface area contributed by atoms with Gasteiger partial charge in [0.25, 0.3) is 0 Å². The quantitative estimate of drug-likeness (QED) is 0.279. The van der Waals surface area contributed by atoms with E-state index in [9.17, 15) is 34.5 Å². The molecule has 0 unspecified atom stereocenters. The summed E-state index contributed by atoms with van der Waals surface area (Å²) in [6.07, 6.45) is 0. The molecule has 0 aromatic rings. The molecule has 0 heterocycles. The van der Waals surface area contributed by atoms with Crippen molar-refractivity contribution in [3.63, 3.8) is 0 Å². The number of halogens is 8. The second kappa shape index (κ2) is 17.0. The molecule has 0 rings (SSSR count). The van der Waals surface area contributed by atoms with Crippen molar-refractivity contribution < 1.29 is 65.6 Å². The molecule has 0 nitrogen and oxygen atoms in total. The Morgan fingerprint density at radius 1 is 0.400 bits per heavy atom. The van der Waals surface area contributed by atoms with Crippen LogP contribution in [-0.4, -0.2) is 14.5 Å². The van der Waals surface area contributed by atoms with Gasteiger partial charge in [-0.1, -0.05) is 0 Å². The first-order chi connectivity index (χ1) is 4.00. The molecule has 11 heteroatoms. The Kier molecular flexibility index (Phi) is 51.0. The first-order valence-electron chi connectivity index (χ1n) is 1.75. The molecule has 0 fully saturated rings. The van der Waals surface area contributed by atoms with Crippen LogP contribution in [0.25, 0.3) is 0 Å². The molecular weight excluding hydrogens is 460 g/mol. The largest absolute Gasteiger partial charge is 2.00 e. The van der Waals surface area contributed by atoms with E-state index in [1.54, 1.807) is 0 Å². The zero-order valence-electron chi connectivity index (χ0n) is 8.68. The molecule has 0 spiro atoms. The van der Waals surface area contributed by atoms with Crippen molar-refractivity contribution in [1.29, 1.82) is 0 Å². The molecular formula is C4H12B2F8U-4. The summed E-state index contributed by atoms with van der Waals surface area (Å²) in [6, 6.07) is 0. The van der Waals surface area contributed by atoms with E-state index >= 15 is 0 Å². The summed E-state index contributed by atoms with van der Waals surface area (Å²) in [5.41, 5.74) is 0. The standard InChI is InChI=1S/4CH3.2BF4.U/c;;;;2*2-1(3,4)5;/h4*1H3;;;/q6*-1;+2. The van der Waals surface area contributed by atoms with Crippen molar-refractivity contribution in [3.05, 3.63) is 29.7 Å². The summed E-state index contributed by atoms with van der Waals surface area (Å²) in [5, 5.41) is 0. The van der Waals surface area contributed by atoms with Gasteiger partial charge in [0.1, 0.15) is 0 Å². The van der Waals surface area contributed by atoms with Gasteiger partial charge in [-0.25, -0.2) is 0 Å². The molecule has 0 atom stereocenters. The smallest absolute Gasteiger partial charge is 0.418 e. The molecule has 0 amide bonds. The molecule has 0 saturated carbocycles. The average molecular weight is 472 g/mol. The van der Waals surface area contributed by atoms with E-state index in [1.807, 2.05) is 0 Å². The molecule has 15 heavy (non-hydrogen) atoms. The summed E-state index contributed by atoms with van der Waals surface area (Å²) < 4.78 is 78.0. The van der Waals surface area contributed by atoms with E-state index < -0.39 is 14.5 Å². The first kappa shape index (κ1) is 44.9. The molecule has 0 aliphatic rings. The number of hydrogen-bond donors (Lipinski definition) is 0. The molecule has 0 aromatic heterocycles. The fourth-order valence-corrected chi connectivity index (χ4v) is 0. The van der Waals surface area contributed by atoms with Crippen LogP contribution in [0.5, 0.6) is 0 Å². The zero-order chi connectivity index (χ0) is 9.00. The Bertz CT molecular complexity index is 67.6. The van der Waals surface area contributed by atoms with Crippen LogP contribution in [0.2, 0.25) is 0 Å². The van der Waals surface area contributed by atoms with Crippen molar-refractivity contribution in [2.45, 2.75) is 0 Å². The van der Waals surface area contributed by atoms with Crippen LogP contribution in [-0.2, 0) is 0 Å². The molecule has 0 aliphatic heterocycles. The van der Waals surface area contributed by atoms with Crippen LogP contribution in [0.1, 0.15) is 0 Å². The van der Waals surface area contributed by atoms with Crippen LogP contribution in [0, 0.1) is 60.8 Å². The maximum absolute atomic E-state index is 9.75. The van der Waals surface area contributed by atoms with E-state index in [4.69, 9.17) is 0 Å². The van der Waals surface area contributed by atoms with Gasteiger partial charge in [-0.3, -0.25) is 0 Å². The van der Waals surface area contributed by atoms with Gasteiger partial charge in [0.2, 0.25) is 0 Å². The van der Waals surface area contributed by atoms with E-state index in [0.29, 0.717) is 0 Å². The predicted molar refractivity (Wildman–Crippen MR) is 46.0 cm³/mol. The molecule has 0 bridgehead atoms. The van der Waals surface area contributed by atoms with Crippen LogP contribution in [0.4, 0.5) is 34.5 Å². The van der Waals surface area contributed by atoms with Gasteiger partial charge in [-0.2, -0.15) is 0 Å².